The lowest BCUT2D eigenvalue weighted by molar-refractivity contribution is -0.00955. The van der Waals surface area contributed by atoms with Gasteiger partial charge in [0.2, 0.25) is 0 Å². The van der Waals surface area contributed by atoms with E-state index in [0.717, 1.165) is 48.8 Å². The van der Waals surface area contributed by atoms with Gasteiger partial charge in [0.05, 0.1) is 23.2 Å². The van der Waals surface area contributed by atoms with Crippen LogP contribution in [0.5, 0.6) is 0 Å². The van der Waals surface area contributed by atoms with E-state index in [1.54, 1.807) is 0 Å². The fourth-order valence-corrected chi connectivity index (χ4v) is 5.77. The third-order valence-electron chi connectivity index (χ3n) is 7.10. The lowest BCUT2D eigenvalue weighted by Gasteiger charge is -2.40. The van der Waals surface area contributed by atoms with E-state index in [0.29, 0.717) is 11.8 Å². The zero-order valence-electron chi connectivity index (χ0n) is 17.2. The minimum absolute atomic E-state index is 0.113. The summed E-state index contributed by atoms with van der Waals surface area (Å²) in [5.41, 5.74) is 1.73. The molecule has 5 heteroatoms. The number of imidazole rings is 1. The Balaban J connectivity index is 1.30. The molecule has 0 N–H and O–H groups in total. The van der Waals surface area contributed by atoms with Gasteiger partial charge in [0, 0.05) is 32.8 Å². The highest BCUT2D eigenvalue weighted by atomic mass is 19.1. The summed E-state index contributed by atoms with van der Waals surface area (Å²) in [5, 5.41) is 0. The van der Waals surface area contributed by atoms with Gasteiger partial charge in [-0.2, -0.15) is 0 Å². The number of allylic oxidation sites excluding steroid dienone is 4. The second-order valence-electron chi connectivity index (χ2n) is 8.91. The first-order chi connectivity index (χ1) is 14.1. The first-order valence-electron chi connectivity index (χ1n) is 10.8. The van der Waals surface area contributed by atoms with Gasteiger partial charge < -0.3 is 14.2 Å². The van der Waals surface area contributed by atoms with Crippen molar-refractivity contribution in [1.82, 2.24) is 14.5 Å². The number of likely N-dealkylation sites (tertiary alicyclic amines) is 1. The van der Waals surface area contributed by atoms with Crippen molar-refractivity contribution in [2.45, 2.75) is 38.3 Å². The molecule has 1 saturated carbocycles. The number of nitrogens with zero attached hydrogens (tertiary/aromatic N) is 3. The Morgan fingerprint density at radius 2 is 2.14 bits per heavy atom. The highest BCUT2D eigenvalue weighted by molar-refractivity contribution is 5.76. The molecule has 0 amide bonds. The molecule has 0 spiro atoms. The summed E-state index contributed by atoms with van der Waals surface area (Å²) in [5.74, 6) is 2.83. The number of benzene rings is 1. The molecule has 1 radical (unpaired) electrons. The molecule has 29 heavy (non-hydrogen) atoms. The summed E-state index contributed by atoms with van der Waals surface area (Å²) in [6.07, 6.45) is 13.7. The number of rotatable bonds is 4. The maximum Gasteiger partial charge on any atom is 0.125 e. The Bertz CT molecular complexity index is 929. The predicted octanol–water partition coefficient (Wildman–Crippen LogP) is 4.32. The van der Waals surface area contributed by atoms with Crippen LogP contribution in [0.3, 0.4) is 0 Å². The van der Waals surface area contributed by atoms with E-state index in [1.807, 2.05) is 20.1 Å². The van der Waals surface area contributed by atoms with Crippen LogP contribution in [0.4, 0.5) is 4.39 Å². The van der Waals surface area contributed by atoms with Crippen molar-refractivity contribution >= 4 is 11.0 Å². The van der Waals surface area contributed by atoms with Crippen LogP contribution >= 0.6 is 0 Å². The van der Waals surface area contributed by atoms with Crippen molar-refractivity contribution in [3.8, 4) is 0 Å². The lowest BCUT2D eigenvalue weighted by Crippen LogP contribution is -2.47. The minimum Gasteiger partial charge on any atom is -0.378 e. The Hall–Kier alpha value is -1.98. The van der Waals surface area contributed by atoms with Crippen LogP contribution in [-0.2, 0) is 4.74 Å². The predicted molar refractivity (Wildman–Crippen MR) is 112 cm³/mol. The number of halogens is 1. The zero-order valence-corrected chi connectivity index (χ0v) is 17.2. The molecule has 2 unspecified atom stereocenters. The second-order valence-corrected chi connectivity index (χ2v) is 8.91. The van der Waals surface area contributed by atoms with E-state index in [4.69, 9.17) is 4.74 Å². The number of fused-ring (bicyclic) bond motifs is 2. The summed E-state index contributed by atoms with van der Waals surface area (Å²) in [7, 11) is 1.81. The zero-order chi connectivity index (χ0) is 20.0. The highest BCUT2D eigenvalue weighted by Crippen LogP contribution is 2.40. The molecule has 1 aliphatic heterocycles. The Morgan fingerprint density at radius 1 is 1.28 bits per heavy atom. The fourth-order valence-electron chi connectivity index (χ4n) is 5.77. The molecule has 2 heterocycles. The van der Waals surface area contributed by atoms with Gasteiger partial charge >= 0.3 is 0 Å². The van der Waals surface area contributed by atoms with Crippen LogP contribution in [0.25, 0.3) is 11.0 Å². The van der Waals surface area contributed by atoms with Crippen molar-refractivity contribution in [2.24, 2.45) is 17.8 Å². The van der Waals surface area contributed by atoms with Crippen LogP contribution in [0.15, 0.2) is 36.4 Å². The first-order valence-corrected chi connectivity index (χ1v) is 10.8. The van der Waals surface area contributed by atoms with Crippen molar-refractivity contribution in [1.29, 1.82) is 0 Å². The highest BCUT2D eigenvalue weighted by Gasteiger charge is 2.36. The van der Waals surface area contributed by atoms with Gasteiger partial charge in [-0.25, -0.2) is 9.37 Å². The molecule has 1 saturated heterocycles. The average Bonchev–Trinajstić information content (AvgIpc) is 3.26. The number of hydrogen-bond donors (Lipinski definition) is 0. The molecule has 2 fully saturated rings. The van der Waals surface area contributed by atoms with E-state index in [9.17, 15) is 4.39 Å². The molecule has 1 aromatic carbocycles. The maximum atomic E-state index is 13.6. The van der Waals surface area contributed by atoms with Crippen LogP contribution in [0.1, 0.15) is 31.1 Å². The van der Waals surface area contributed by atoms with E-state index < -0.39 is 0 Å². The van der Waals surface area contributed by atoms with E-state index >= 15 is 0 Å². The summed E-state index contributed by atoms with van der Waals surface area (Å²) in [6.45, 7) is 5.16. The third-order valence-corrected chi connectivity index (χ3v) is 7.10. The summed E-state index contributed by atoms with van der Waals surface area (Å²) >= 11 is 0. The van der Waals surface area contributed by atoms with Crippen LogP contribution < -0.4 is 0 Å². The number of ether oxygens (including phenoxy) is 1. The van der Waals surface area contributed by atoms with Gasteiger partial charge in [0.1, 0.15) is 11.6 Å². The largest absolute Gasteiger partial charge is 0.378 e. The molecule has 5 atom stereocenters. The lowest BCUT2D eigenvalue weighted by atomic mass is 9.92. The van der Waals surface area contributed by atoms with Crippen molar-refractivity contribution < 1.29 is 9.13 Å². The average molecular weight is 395 g/mol. The molecular formula is C24H29FN3O. The molecule has 5 rings (SSSR count). The Morgan fingerprint density at radius 3 is 2.97 bits per heavy atom. The maximum absolute atomic E-state index is 13.6. The van der Waals surface area contributed by atoms with E-state index in [2.05, 4.69) is 38.8 Å². The number of aromatic nitrogens is 2. The molecule has 3 aliphatic rings. The van der Waals surface area contributed by atoms with E-state index in [-0.39, 0.29) is 18.0 Å². The number of piperidine rings is 1. The van der Waals surface area contributed by atoms with Gasteiger partial charge in [-0.1, -0.05) is 18.2 Å². The topological polar surface area (TPSA) is 30.3 Å². The van der Waals surface area contributed by atoms with E-state index in [1.165, 1.54) is 25.0 Å². The molecule has 153 valence electrons. The standard InChI is InChI=1S/C24H29FN3O/c1-16-26-21-13-20(25)7-8-22(21)28(16)23-9-10-27(15-24(23)29-2)14-17-11-18-5-3-4-6-19(18)12-17/h3,5-8,13,17-19,23-24H,9-12,14-15H2,1-2H3/t17-,18?,19?,23+,24+/m0/s1. The SMILES string of the molecule is CO[C@@H]1CN(C[C@@H]2CC3C=[C]C=CC3C2)CC[C@H]1n1c(C)nc2cc(F)ccc21. The molecule has 2 aliphatic carbocycles. The normalized spacial score (nSPS) is 32.2. The first kappa shape index (κ1) is 19.0. The van der Waals surface area contributed by atoms with Gasteiger partial charge in [0.15, 0.2) is 0 Å². The molecule has 4 nitrogen and oxygen atoms in total. The molecule has 1 aromatic heterocycles. The van der Waals surface area contributed by atoms with Gasteiger partial charge in [-0.05, 0) is 62.1 Å². The van der Waals surface area contributed by atoms with Crippen molar-refractivity contribution in [2.75, 3.05) is 26.7 Å². The summed E-state index contributed by atoms with van der Waals surface area (Å²) in [4.78, 5) is 7.18. The second kappa shape index (κ2) is 7.69. The Labute approximate surface area is 172 Å². The van der Waals surface area contributed by atoms with Crippen molar-refractivity contribution in [3.05, 3.63) is 54.1 Å². The monoisotopic (exact) mass is 394 g/mol. The van der Waals surface area contributed by atoms with Crippen LogP contribution in [0.2, 0.25) is 0 Å². The third kappa shape index (κ3) is 3.55. The summed E-state index contributed by atoms with van der Waals surface area (Å²) in [6, 6.07) is 5.13. The quantitative estimate of drug-likeness (QED) is 0.774. The Kier molecular flexibility index (Phi) is 5.04. The number of methoxy groups -OCH3 is 1. The fraction of sp³-hybridized carbons (Fsp3) is 0.542. The number of aryl methyl sites for hydroxylation is 1. The molecular weight excluding hydrogens is 365 g/mol. The van der Waals surface area contributed by atoms with Crippen molar-refractivity contribution in [3.63, 3.8) is 0 Å². The summed E-state index contributed by atoms with van der Waals surface area (Å²) < 4.78 is 21.8. The van der Waals surface area contributed by atoms with Gasteiger partial charge in [-0.3, -0.25) is 0 Å². The molecule has 2 aromatic rings. The number of hydrogen-bond acceptors (Lipinski definition) is 3. The van der Waals surface area contributed by atoms with Crippen LogP contribution in [0, 0.1) is 36.6 Å². The van der Waals surface area contributed by atoms with Gasteiger partial charge in [-0.15, -0.1) is 0 Å². The van der Waals surface area contributed by atoms with Gasteiger partial charge in [0.25, 0.3) is 0 Å². The van der Waals surface area contributed by atoms with Crippen LogP contribution in [-0.4, -0.2) is 47.3 Å². The smallest absolute Gasteiger partial charge is 0.125 e. The minimum atomic E-state index is -0.236. The molecule has 0 bridgehead atoms.